The molecule has 2 heterocycles. The number of carbonyl (C=O) groups excluding carboxylic acids is 2. The van der Waals surface area contributed by atoms with Gasteiger partial charge in [-0.15, -0.1) is 0 Å². The SMILES string of the molecule is COCCCN1C(=O)C(=O)/C(=C(\O)c2ccc3c(c2)N(C)CCO3)C1c1ccc(OCc2ccccc2)cc1. The van der Waals surface area contributed by atoms with E-state index in [9.17, 15) is 14.7 Å². The van der Waals surface area contributed by atoms with Crippen molar-refractivity contribution < 1.29 is 28.9 Å². The Morgan fingerprint density at radius 2 is 1.82 bits per heavy atom. The van der Waals surface area contributed by atoms with E-state index in [0.29, 0.717) is 62.0 Å². The second-order valence-electron chi connectivity index (χ2n) is 9.63. The predicted molar refractivity (Wildman–Crippen MR) is 148 cm³/mol. The van der Waals surface area contributed by atoms with Crippen LogP contribution in [0.1, 0.15) is 29.2 Å². The van der Waals surface area contributed by atoms with Crippen molar-refractivity contribution in [2.75, 3.05) is 45.4 Å². The minimum atomic E-state index is -0.741. The van der Waals surface area contributed by atoms with Gasteiger partial charge in [-0.25, -0.2) is 0 Å². The number of aliphatic hydroxyl groups excluding tert-OH is 1. The maximum Gasteiger partial charge on any atom is 0.295 e. The average molecular weight is 529 g/mol. The van der Waals surface area contributed by atoms with Gasteiger partial charge in [0.15, 0.2) is 0 Å². The lowest BCUT2D eigenvalue weighted by molar-refractivity contribution is -0.140. The number of nitrogens with zero attached hydrogens (tertiary/aromatic N) is 2. The molecular weight excluding hydrogens is 496 g/mol. The van der Waals surface area contributed by atoms with E-state index in [0.717, 1.165) is 11.3 Å². The summed E-state index contributed by atoms with van der Waals surface area (Å²) in [6, 6.07) is 21.7. The van der Waals surface area contributed by atoms with Gasteiger partial charge in [-0.1, -0.05) is 42.5 Å². The van der Waals surface area contributed by atoms with E-state index in [1.807, 2.05) is 66.5 Å². The summed E-state index contributed by atoms with van der Waals surface area (Å²) in [4.78, 5) is 30.1. The van der Waals surface area contributed by atoms with Gasteiger partial charge in [0, 0.05) is 32.9 Å². The molecule has 0 aliphatic carbocycles. The van der Waals surface area contributed by atoms with E-state index < -0.39 is 17.7 Å². The third-order valence-electron chi connectivity index (χ3n) is 7.06. The number of methoxy groups -OCH3 is 1. The van der Waals surface area contributed by atoms with E-state index >= 15 is 0 Å². The van der Waals surface area contributed by atoms with Gasteiger partial charge in [0.1, 0.15) is 30.5 Å². The highest BCUT2D eigenvalue weighted by Gasteiger charge is 2.45. The summed E-state index contributed by atoms with van der Waals surface area (Å²) in [5, 5.41) is 11.5. The first-order valence-electron chi connectivity index (χ1n) is 13.0. The lowest BCUT2D eigenvalue weighted by Crippen LogP contribution is -2.31. The van der Waals surface area contributed by atoms with Crippen molar-refractivity contribution >= 4 is 23.1 Å². The molecule has 3 aromatic carbocycles. The third kappa shape index (κ3) is 5.47. The number of amides is 1. The molecule has 5 rings (SSSR count). The number of carbonyl (C=O) groups is 2. The van der Waals surface area contributed by atoms with Crippen molar-refractivity contribution in [1.82, 2.24) is 4.90 Å². The first-order valence-corrected chi connectivity index (χ1v) is 13.0. The minimum absolute atomic E-state index is 0.0645. The Labute approximate surface area is 228 Å². The molecule has 1 unspecified atom stereocenters. The monoisotopic (exact) mass is 528 g/mol. The number of anilines is 1. The van der Waals surface area contributed by atoms with Crippen molar-refractivity contribution in [2.45, 2.75) is 19.1 Å². The molecule has 3 aromatic rings. The highest BCUT2D eigenvalue weighted by atomic mass is 16.5. The number of hydrogen-bond donors (Lipinski definition) is 1. The highest BCUT2D eigenvalue weighted by Crippen LogP contribution is 2.41. The fraction of sp³-hybridized carbons (Fsp3) is 0.290. The largest absolute Gasteiger partial charge is 0.507 e. The van der Waals surface area contributed by atoms with Gasteiger partial charge in [0.05, 0.1) is 23.8 Å². The second kappa shape index (κ2) is 11.6. The fourth-order valence-corrected chi connectivity index (χ4v) is 4.98. The van der Waals surface area contributed by atoms with Crippen LogP contribution in [0.25, 0.3) is 5.76 Å². The van der Waals surface area contributed by atoms with Crippen LogP contribution in [0, 0.1) is 0 Å². The van der Waals surface area contributed by atoms with Gasteiger partial charge in [-0.05, 0) is 47.9 Å². The molecule has 1 fully saturated rings. The first-order chi connectivity index (χ1) is 19.0. The minimum Gasteiger partial charge on any atom is -0.507 e. The molecule has 0 spiro atoms. The van der Waals surface area contributed by atoms with Gasteiger partial charge in [0.25, 0.3) is 11.7 Å². The third-order valence-corrected chi connectivity index (χ3v) is 7.06. The zero-order valence-electron chi connectivity index (χ0n) is 22.1. The van der Waals surface area contributed by atoms with Gasteiger partial charge >= 0.3 is 0 Å². The molecule has 0 aromatic heterocycles. The standard InChI is InChI=1S/C31H32N2O6/c1-32-16-18-38-26-14-11-23(19-25(26)32)29(34)27-28(33(15-6-17-37-2)31(36)30(27)35)22-9-12-24(13-10-22)39-20-21-7-4-3-5-8-21/h3-5,7-14,19,28,34H,6,15-18,20H2,1-2H3/b29-27-. The van der Waals surface area contributed by atoms with Crippen molar-refractivity contribution in [2.24, 2.45) is 0 Å². The average Bonchev–Trinajstić information content (AvgIpc) is 3.22. The number of likely N-dealkylation sites (N-methyl/N-ethyl adjacent to an activating group) is 1. The molecule has 39 heavy (non-hydrogen) atoms. The molecular formula is C31H32N2O6. The lowest BCUT2D eigenvalue weighted by Gasteiger charge is -2.28. The Hall–Kier alpha value is -4.30. The van der Waals surface area contributed by atoms with E-state index in [4.69, 9.17) is 14.2 Å². The quantitative estimate of drug-likeness (QED) is 0.189. The maximum atomic E-state index is 13.3. The normalized spacial score (nSPS) is 18.2. The molecule has 2 aliphatic heterocycles. The zero-order chi connectivity index (χ0) is 27.4. The first kappa shape index (κ1) is 26.3. The number of rotatable bonds is 9. The number of ketones is 1. The van der Waals surface area contributed by atoms with Gasteiger partial charge < -0.3 is 29.1 Å². The van der Waals surface area contributed by atoms with Crippen LogP contribution in [-0.2, 0) is 20.9 Å². The van der Waals surface area contributed by atoms with Crippen LogP contribution in [0.2, 0.25) is 0 Å². The van der Waals surface area contributed by atoms with Crippen molar-refractivity contribution in [3.63, 3.8) is 0 Å². The number of likely N-dealkylation sites (tertiary alicyclic amines) is 1. The topological polar surface area (TPSA) is 88.5 Å². The molecule has 0 radical (unpaired) electrons. The van der Waals surface area contributed by atoms with Crippen LogP contribution >= 0.6 is 0 Å². The maximum absolute atomic E-state index is 13.3. The second-order valence-corrected chi connectivity index (χ2v) is 9.63. The van der Waals surface area contributed by atoms with Gasteiger partial charge in [0.2, 0.25) is 0 Å². The summed E-state index contributed by atoms with van der Waals surface area (Å²) < 4.78 is 16.8. The Bertz CT molecular complexity index is 1370. The summed E-state index contributed by atoms with van der Waals surface area (Å²) in [5.41, 5.74) is 3.09. The highest BCUT2D eigenvalue weighted by molar-refractivity contribution is 6.46. The molecule has 8 nitrogen and oxygen atoms in total. The van der Waals surface area contributed by atoms with E-state index in [1.165, 1.54) is 4.90 Å². The summed E-state index contributed by atoms with van der Waals surface area (Å²) in [6.45, 7) is 2.46. The van der Waals surface area contributed by atoms with Gasteiger partial charge in [-0.2, -0.15) is 0 Å². The van der Waals surface area contributed by atoms with Gasteiger partial charge in [-0.3, -0.25) is 9.59 Å². The Kier molecular flexibility index (Phi) is 7.84. The van der Waals surface area contributed by atoms with Crippen molar-refractivity contribution in [3.05, 3.63) is 95.1 Å². The van der Waals surface area contributed by atoms with Crippen LogP contribution in [0.3, 0.4) is 0 Å². The number of benzene rings is 3. The number of Topliss-reactive ketones (excluding diaryl/α,β-unsaturated/α-hetero) is 1. The Morgan fingerprint density at radius 3 is 2.56 bits per heavy atom. The summed E-state index contributed by atoms with van der Waals surface area (Å²) in [6.07, 6.45) is 0.555. The van der Waals surface area contributed by atoms with Crippen molar-refractivity contribution in [1.29, 1.82) is 0 Å². The number of ether oxygens (including phenoxy) is 3. The fourth-order valence-electron chi connectivity index (χ4n) is 4.98. The predicted octanol–water partition coefficient (Wildman–Crippen LogP) is 4.55. The Morgan fingerprint density at radius 1 is 1.05 bits per heavy atom. The number of hydrogen-bond acceptors (Lipinski definition) is 7. The van der Waals surface area contributed by atoms with Crippen LogP contribution in [-0.4, -0.2) is 62.2 Å². The molecule has 8 heteroatoms. The number of fused-ring (bicyclic) bond motifs is 1. The Balaban J connectivity index is 1.49. The molecule has 202 valence electrons. The van der Waals surface area contributed by atoms with Crippen molar-refractivity contribution in [3.8, 4) is 11.5 Å². The van der Waals surface area contributed by atoms with Crippen LogP contribution in [0.15, 0.2) is 78.4 Å². The molecule has 0 saturated carbocycles. The van der Waals surface area contributed by atoms with Crippen LogP contribution in [0.4, 0.5) is 5.69 Å². The van der Waals surface area contributed by atoms with E-state index in [-0.39, 0.29) is 11.3 Å². The molecule has 2 aliphatic rings. The van der Waals surface area contributed by atoms with E-state index in [2.05, 4.69) is 0 Å². The molecule has 0 bridgehead atoms. The van der Waals surface area contributed by atoms with Crippen LogP contribution in [0.5, 0.6) is 11.5 Å². The number of aliphatic hydroxyl groups is 1. The molecule has 1 amide bonds. The summed E-state index contributed by atoms with van der Waals surface area (Å²) in [7, 11) is 3.54. The molecule has 1 N–H and O–H groups in total. The molecule has 1 saturated heterocycles. The smallest absolute Gasteiger partial charge is 0.295 e. The lowest BCUT2D eigenvalue weighted by atomic mass is 9.95. The van der Waals surface area contributed by atoms with E-state index in [1.54, 1.807) is 25.3 Å². The summed E-state index contributed by atoms with van der Waals surface area (Å²) >= 11 is 0. The zero-order valence-corrected chi connectivity index (χ0v) is 22.1. The van der Waals surface area contributed by atoms with Crippen LogP contribution < -0.4 is 14.4 Å². The summed E-state index contributed by atoms with van der Waals surface area (Å²) in [5.74, 6) is -0.180. The molecule has 1 atom stereocenters.